The van der Waals surface area contributed by atoms with Crippen LogP contribution in [-0.2, 0) is 0 Å². The minimum atomic E-state index is -1.11. The largest absolute Gasteiger partial charge is 0.478 e. The molecule has 7 nitrogen and oxygen atoms in total. The zero-order chi connectivity index (χ0) is 18.6. The van der Waals surface area contributed by atoms with Crippen LogP contribution in [0.3, 0.4) is 0 Å². The van der Waals surface area contributed by atoms with Crippen LogP contribution in [-0.4, -0.2) is 33.2 Å². The fourth-order valence-corrected chi connectivity index (χ4v) is 2.26. The lowest BCUT2D eigenvalue weighted by molar-refractivity contribution is 0.0681. The number of aromatic carboxylic acids is 3. The number of hydrogen-bond acceptors (Lipinski definition) is 4. The Hall–Kier alpha value is -3.61. The van der Waals surface area contributed by atoms with Crippen molar-refractivity contribution in [2.45, 2.75) is 6.92 Å². The topological polar surface area (TPSA) is 125 Å². The molecule has 2 aromatic carbocycles. The first-order valence-electron chi connectivity index (χ1n) is 7.08. The highest BCUT2D eigenvalue weighted by Gasteiger charge is 2.13. The maximum absolute atomic E-state index is 10.7. The molecule has 0 saturated heterocycles. The van der Waals surface area contributed by atoms with Gasteiger partial charge in [-0.25, -0.2) is 14.4 Å². The molecule has 0 unspecified atom stereocenters. The van der Waals surface area contributed by atoms with E-state index in [1.807, 2.05) is 6.07 Å². The first-order chi connectivity index (χ1) is 11.8. The van der Waals surface area contributed by atoms with Crippen LogP contribution in [0.15, 0.2) is 53.1 Å². The van der Waals surface area contributed by atoms with Gasteiger partial charge in [-0.2, -0.15) is 0 Å². The number of rotatable bonds is 3. The Morgan fingerprint density at radius 1 is 0.760 bits per heavy atom. The van der Waals surface area contributed by atoms with Gasteiger partial charge in [0.1, 0.15) is 11.1 Å². The SMILES string of the molecule is Cc1c(C(=O)O)cccc1C(=O)O.O=C(O)c1cccc2ccoc12. The molecule has 0 saturated carbocycles. The van der Waals surface area contributed by atoms with Crippen LogP contribution in [0.4, 0.5) is 0 Å². The van der Waals surface area contributed by atoms with E-state index >= 15 is 0 Å². The van der Waals surface area contributed by atoms with Crippen molar-refractivity contribution >= 4 is 28.9 Å². The van der Waals surface area contributed by atoms with Gasteiger partial charge in [0.05, 0.1) is 17.4 Å². The highest BCUT2D eigenvalue weighted by Crippen LogP contribution is 2.19. The summed E-state index contributed by atoms with van der Waals surface area (Å²) in [7, 11) is 0. The second-order valence-corrected chi connectivity index (χ2v) is 5.04. The van der Waals surface area contributed by atoms with Gasteiger partial charge in [0.25, 0.3) is 0 Å². The van der Waals surface area contributed by atoms with Gasteiger partial charge >= 0.3 is 17.9 Å². The van der Waals surface area contributed by atoms with Crippen LogP contribution in [0, 0.1) is 6.92 Å². The summed E-state index contributed by atoms with van der Waals surface area (Å²) in [4.78, 5) is 31.9. The Morgan fingerprint density at radius 2 is 1.24 bits per heavy atom. The standard InChI is InChI=1S/C9H8O4.C9H6O3/c1-5-6(8(10)11)3-2-4-7(5)9(12)13;10-9(11)7-3-1-2-6-4-5-12-8(6)7/h2-4H,1H3,(H,10,11)(H,12,13);1-5H,(H,10,11). The molecule has 0 aliphatic heterocycles. The number of fused-ring (bicyclic) bond motifs is 1. The van der Waals surface area contributed by atoms with E-state index in [2.05, 4.69) is 0 Å². The number of para-hydroxylation sites is 1. The molecule has 1 aromatic heterocycles. The summed E-state index contributed by atoms with van der Waals surface area (Å²) in [5.41, 5.74) is 0.977. The third kappa shape index (κ3) is 3.84. The zero-order valence-corrected chi connectivity index (χ0v) is 13.1. The third-order valence-electron chi connectivity index (χ3n) is 3.50. The van der Waals surface area contributed by atoms with E-state index in [9.17, 15) is 14.4 Å². The average Bonchev–Trinajstić information content (AvgIpc) is 3.03. The molecule has 0 fully saturated rings. The molecule has 0 bridgehead atoms. The number of hydrogen-bond donors (Lipinski definition) is 3. The molecule has 3 N–H and O–H groups in total. The lowest BCUT2D eigenvalue weighted by Gasteiger charge is -2.03. The van der Waals surface area contributed by atoms with Crippen molar-refractivity contribution in [2.24, 2.45) is 0 Å². The molecule has 3 rings (SSSR count). The van der Waals surface area contributed by atoms with Crippen LogP contribution < -0.4 is 0 Å². The highest BCUT2D eigenvalue weighted by molar-refractivity contribution is 6.00. The van der Waals surface area contributed by atoms with Gasteiger partial charge in [-0.05, 0) is 36.8 Å². The van der Waals surface area contributed by atoms with Crippen LogP contribution in [0.1, 0.15) is 36.6 Å². The van der Waals surface area contributed by atoms with Gasteiger partial charge < -0.3 is 19.7 Å². The Balaban J connectivity index is 0.000000181. The quantitative estimate of drug-likeness (QED) is 0.665. The number of carboxylic acid groups (broad SMARTS) is 3. The molecule has 0 aliphatic rings. The minimum absolute atomic E-state index is 0.0277. The number of furan rings is 1. The molecular formula is C18H14O7. The van der Waals surface area contributed by atoms with Crippen LogP contribution in [0.5, 0.6) is 0 Å². The summed E-state index contributed by atoms with van der Waals surface area (Å²) in [6.07, 6.45) is 1.48. The molecule has 1 heterocycles. The van der Waals surface area contributed by atoms with Crippen LogP contribution >= 0.6 is 0 Å². The summed E-state index contributed by atoms with van der Waals surface area (Å²) < 4.78 is 5.03. The van der Waals surface area contributed by atoms with E-state index in [-0.39, 0.29) is 22.3 Å². The van der Waals surface area contributed by atoms with E-state index < -0.39 is 17.9 Å². The predicted molar refractivity (Wildman–Crippen MR) is 88.3 cm³/mol. The Morgan fingerprint density at radius 3 is 1.76 bits per heavy atom. The average molecular weight is 342 g/mol. The minimum Gasteiger partial charge on any atom is -0.478 e. The van der Waals surface area contributed by atoms with E-state index in [0.29, 0.717) is 5.58 Å². The molecule has 0 spiro atoms. The third-order valence-corrected chi connectivity index (χ3v) is 3.50. The first kappa shape index (κ1) is 17.7. The molecule has 0 radical (unpaired) electrons. The zero-order valence-electron chi connectivity index (χ0n) is 13.1. The first-order valence-corrected chi connectivity index (χ1v) is 7.08. The van der Waals surface area contributed by atoms with E-state index in [1.54, 1.807) is 12.1 Å². The Labute approximate surface area is 141 Å². The predicted octanol–water partition coefficient (Wildman–Crippen LogP) is 3.52. The van der Waals surface area contributed by atoms with E-state index in [4.69, 9.17) is 19.7 Å². The van der Waals surface area contributed by atoms with E-state index in [1.165, 1.54) is 37.5 Å². The van der Waals surface area contributed by atoms with Crippen molar-refractivity contribution < 1.29 is 34.1 Å². The second kappa shape index (κ2) is 7.31. The van der Waals surface area contributed by atoms with Crippen molar-refractivity contribution in [3.05, 3.63) is 71.0 Å². The van der Waals surface area contributed by atoms with Crippen molar-refractivity contribution in [3.8, 4) is 0 Å². The van der Waals surface area contributed by atoms with Gasteiger partial charge in [0.15, 0.2) is 0 Å². The van der Waals surface area contributed by atoms with Gasteiger partial charge in [0.2, 0.25) is 0 Å². The van der Waals surface area contributed by atoms with Crippen molar-refractivity contribution in [2.75, 3.05) is 0 Å². The van der Waals surface area contributed by atoms with Gasteiger partial charge in [-0.15, -0.1) is 0 Å². The maximum atomic E-state index is 10.7. The molecule has 0 aliphatic carbocycles. The summed E-state index contributed by atoms with van der Waals surface area (Å²) in [5, 5.41) is 26.9. The molecule has 0 amide bonds. The molecular weight excluding hydrogens is 328 g/mol. The van der Waals surface area contributed by atoms with Crippen molar-refractivity contribution in [1.82, 2.24) is 0 Å². The molecule has 25 heavy (non-hydrogen) atoms. The summed E-state index contributed by atoms with van der Waals surface area (Å²) in [6, 6.07) is 10.9. The fraction of sp³-hybridized carbons (Fsp3) is 0.0556. The Bertz CT molecular complexity index is 921. The Kier molecular flexibility index (Phi) is 5.18. The maximum Gasteiger partial charge on any atom is 0.339 e. The smallest absolute Gasteiger partial charge is 0.339 e. The highest BCUT2D eigenvalue weighted by atomic mass is 16.4. The molecule has 0 atom stereocenters. The van der Waals surface area contributed by atoms with Crippen LogP contribution in [0.25, 0.3) is 11.0 Å². The number of carboxylic acids is 3. The van der Waals surface area contributed by atoms with Gasteiger partial charge in [-0.3, -0.25) is 0 Å². The monoisotopic (exact) mass is 342 g/mol. The van der Waals surface area contributed by atoms with Crippen molar-refractivity contribution in [3.63, 3.8) is 0 Å². The summed E-state index contributed by atoms with van der Waals surface area (Å²) >= 11 is 0. The molecule has 7 heteroatoms. The van der Waals surface area contributed by atoms with Gasteiger partial charge in [-0.1, -0.05) is 18.2 Å². The second-order valence-electron chi connectivity index (χ2n) is 5.04. The normalized spacial score (nSPS) is 9.96. The summed E-state index contributed by atoms with van der Waals surface area (Å²) in [5.74, 6) is -3.18. The lowest BCUT2D eigenvalue weighted by atomic mass is 10.0. The van der Waals surface area contributed by atoms with Crippen molar-refractivity contribution in [1.29, 1.82) is 0 Å². The summed E-state index contributed by atoms with van der Waals surface area (Å²) in [6.45, 7) is 1.48. The van der Waals surface area contributed by atoms with Gasteiger partial charge in [0, 0.05) is 5.39 Å². The lowest BCUT2D eigenvalue weighted by Crippen LogP contribution is -2.06. The van der Waals surface area contributed by atoms with E-state index in [0.717, 1.165) is 5.39 Å². The molecule has 128 valence electrons. The number of carbonyl (C=O) groups is 3. The number of benzene rings is 2. The fourth-order valence-electron chi connectivity index (χ4n) is 2.26. The van der Waals surface area contributed by atoms with Crippen LogP contribution in [0.2, 0.25) is 0 Å². The molecule has 3 aromatic rings.